The molecule has 1 aliphatic carbocycles. The van der Waals surface area contributed by atoms with Crippen LogP contribution in [0.4, 0.5) is 14.6 Å². The number of aryl methyl sites for hydroxylation is 1. The molecule has 1 aromatic heterocycles. The normalized spacial score (nSPS) is 24.3. The van der Waals surface area contributed by atoms with Crippen LogP contribution >= 0.6 is 0 Å². The van der Waals surface area contributed by atoms with E-state index in [0.717, 1.165) is 31.1 Å². The van der Waals surface area contributed by atoms with Crippen molar-refractivity contribution >= 4 is 15.8 Å². The van der Waals surface area contributed by atoms with Crippen molar-refractivity contribution in [3.05, 3.63) is 42.1 Å². The molecular weight excluding hydrogens is 490 g/mol. The lowest BCUT2D eigenvalue weighted by Crippen LogP contribution is -2.49. The predicted octanol–water partition coefficient (Wildman–Crippen LogP) is 3.02. The van der Waals surface area contributed by atoms with Gasteiger partial charge in [-0.05, 0) is 37.6 Å². The number of sulfonamides is 1. The monoisotopic (exact) mass is 522 g/mol. The van der Waals surface area contributed by atoms with Crippen LogP contribution in [0.5, 0.6) is 11.5 Å². The number of ether oxygens (including phenoxy) is 2. The Labute approximate surface area is 210 Å². The van der Waals surface area contributed by atoms with E-state index in [-0.39, 0.29) is 17.9 Å². The van der Waals surface area contributed by atoms with Gasteiger partial charge in [0.2, 0.25) is 10.0 Å². The van der Waals surface area contributed by atoms with Crippen molar-refractivity contribution in [2.75, 3.05) is 57.9 Å². The van der Waals surface area contributed by atoms with Gasteiger partial charge in [0.15, 0.2) is 0 Å². The highest BCUT2D eigenvalue weighted by Gasteiger charge is 2.59. The van der Waals surface area contributed by atoms with Crippen molar-refractivity contribution < 1.29 is 26.7 Å². The van der Waals surface area contributed by atoms with Gasteiger partial charge >= 0.3 is 0 Å². The predicted molar refractivity (Wildman–Crippen MR) is 131 cm³/mol. The fourth-order valence-corrected chi connectivity index (χ4v) is 7.23. The third-order valence-corrected chi connectivity index (χ3v) is 9.36. The van der Waals surface area contributed by atoms with Crippen LogP contribution in [0.2, 0.25) is 0 Å². The Morgan fingerprint density at radius 3 is 2.53 bits per heavy atom. The van der Waals surface area contributed by atoms with Gasteiger partial charge in [0.1, 0.15) is 28.8 Å². The molecule has 2 unspecified atom stereocenters. The molecule has 1 saturated carbocycles. The van der Waals surface area contributed by atoms with Crippen LogP contribution in [0, 0.1) is 12.8 Å². The topological polar surface area (TPSA) is 75.2 Å². The highest BCUT2D eigenvalue weighted by Crippen LogP contribution is 2.50. The SMILES string of the molecule is COc1cccc(OCCN2CCN(c3nc(C)ccc3S(=O)(=O)N3CC4CC3CC4(F)F)CC2)c1. The van der Waals surface area contributed by atoms with Gasteiger partial charge < -0.3 is 14.4 Å². The molecule has 2 saturated heterocycles. The largest absolute Gasteiger partial charge is 0.497 e. The first-order valence-corrected chi connectivity index (χ1v) is 13.7. The van der Waals surface area contributed by atoms with Gasteiger partial charge in [0.05, 0.1) is 7.11 Å². The first-order valence-electron chi connectivity index (χ1n) is 12.3. The van der Waals surface area contributed by atoms with Crippen LogP contribution in [-0.2, 0) is 10.0 Å². The zero-order chi connectivity index (χ0) is 25.5. The highest BCUT2D eigenvalue weighted by molar-refractivity contribution is 7.89. The lowest BCUT2D eigenvalue weighted by molar-refractivity contribution is -0.0559. The molecule has 8 nitrogen and oxygen atoms in total. The third-order valence-electron chi connectivity index (χ3n) is 7.42. The molecule has 1 aromatic carbocycles. The van der Waals surface area contributed by atoms with E-state index in [1.54, 1.807) is 19.2 Å². The lowest BCUT2D eigenvalue weighted by Gasteiger charge is -2.37. The number of hydrogen-bond acceptors (Lipinski definition) is 7. The molecule has 0 radical (unpaired) electrons. The van der Waals surface area contributed by atoms with Crippen molar-refractivity contribution in [1.82, 2.24) is 14.2 Å². The zero-order valence-corrected chi connectivity index (χ0v) is 21.4. The molecular formula is C25H32F2N4O4S. The van der Waals surface area contributed by atoms with E-state index in [2.05, 4.69) is 9.88 Å². The Morgan fingerprint density at radius 1 is 1.11 bits per heavy atom. The van der Waals surface area contributed by atoms with Crippen molar-refractivity contribution in [3.63, 3.8) is 0 Å². The van der Waals surface area contributed by atoms with Crippen LogP contribution in [-0.4, -0.2) is 87.6 Å². The average Bonchev–Trinajstić information content (AvgIpc) is 3.41. The number of piperidine rings is 1. The van der Waals surface area contributed by atoms with Gasteiger partial charge in [0.25, 0.3) is 5.92 Å². The number of benzene rings is 1. The van der Waals surface area contributed by atoms with Crippen LogP contribution in [0.25, 0.3) is 0 Å². The summed E-state index contributed by atoms with van der Waals surface area (Å²) in [5.74, 6) is -1.77. The van der Waals surface area contributed by atoms with Gasteiger partial charge in [-0.1, -0.05) is 6.07 Å². The van der Waals surface area contributed by atoms with Gasteiger partial charge in [0, 0.05) is 69.4 Å². The number of methoxy groups -OCH3 is 1. The molecule has 0 spiro atoms. The number of hydrogen-bond donors (Lipinski definition) is 0. The minimum atomic E-state index is -3.93. The Balaban J connectivity index is 1.22. The molecule has 2 atom stereocenters. The molecule has 11 heteroatoms. The molecule has 0 amide bonds. The smallest absolute Gasteiger partial charge is 0.253 e. The number of piperazine rings is 1. The molecule has 196 valence electrons. The summed E-state index contributed by atoms with van der Waals surface area (Å²) >= 11 is 0. The van der Waals surface area contributed by atoms with E-state index in [0.29, 0.717) is 31.2 Å². The quantitative estimate of drug-likeness (QED) is 0.528. The van der Waals surface area contributed by atoms with Gasteiger partial charge in [-0.3, -0.25) is 4.90 Å². The number of pyridine rings is 1. The fraction of sp³-hybridized carbons (Fsp3) is 0.560. The molecule has 5 rings (SSSR count). The summed E-state index contributed by atoms with van der Waals surface area (Å²) in [6.07, 6.45) is -0.181. The van der Waals surface area contributed by atoms with E-state index in [4.69, 9.17) is 9.47 Å². The minimum absolute atomic E-state index is 0.110. The summed E-state index contributed by atoms with van der Waals surface area (Å²) in [5, 5.41) is 0. The maximum Gasteiger partial charge on any atom is 0.253 e. The first kappa shape index (κ1) is 25.2. The van der Waals surface area contributed by atoms with Gasteiger partial charge in [-0.2, -0.15) is 4.31 Å². The van der Waals surface area contributed by atoms with E-state index in [1.807, 2.05) is 36.1 Å². The molecule has 2 bridgehead atoms. The third kappa shape index (κ3) is 4.88. The standard InChI is InChI=1S/C25H32F2N4O4S/c1-18-6-7-23(36(32,33)31-17-19-14-20(31)16-25(19,26)27)24(28-18)30-10-8-29(9-11-30)12-13-35-22-5-3-4-21(15-22)34-2/h3-7,15,19-20H,8-14,16-17H2,1-2H3. The van der Waals surface area contributed by atoms with Gasteiger partial charge in [-0.25, -0.2) is 22.2 Å². The summed E-state index contributed by atoms with van der Waals surface area (Å²) < 4.78 is 67.5. The summed E-state index contributed by atoms with van der Waals surface area (Å²) in [6.45, 7) is 5.65. The van der Waals surface area contributed by atoms with E-state index < -0.39 is 34.3 Å². The van der Waals surface area contributed by atoms with Crippen LogP contribution < -0.4 is 14.4 Å². The van der Waals surface area contributed by atoms with Crippen LogP contribution in [0.3, 0.4) is 0 Å². The molecule has 3 aliphatic rings. The van der Waals surface area contributed by atoms with Gasteiger partial charge in [-0.15, -0.1) is 0 Å². The number of nitrogens with zero attached hydrogens (tertiary/aromatic N) is 4. The minimum Gasteiger partial charge on any atom is -0.497 e. The van der Waals surface area contributed by atoms with Crippen LogP contribution in [0.15, 0.2) is 41.3 Å². The van der Waals surface area contributed by atoms with Crippen molar-refractivity contribution in [2.24, 2.45) is 5.92 Å². The first-order chi connectivity index (χ1) is 17.2. The van der Waals surface area contributed by atoms with Crippen molar-refractivity contribution in [2.45, 2.75) is 36.6 Å². The second kappa shape index (κ2) is 9.75. The second-order valence-corrected chi connectivity index (χ2v) is 11.6. The summed E-state index contributed by atoms with van der Waals surface area (Å²) in [4.78, 5) is 8.95. The number of aromatic nitrogens is 1. The van der Waals surface area contributed by atoms with E-state index >= 15 is 0 Å². The maximum atomic E-state index is 14.0. The number of anilines is 1. The number of halogens is 2. The summed E-state index contributed by atoms with van der Waals surface area (Å²) in [6, 6.07) is 10.1. The number of alkyl halides is 2. The summed E-state index contributed by atoms with van der Waals surface area (Å²) in [7, 11) is -2.31. The van der Waals surface area contributed by atoms with E-state index in [1.165, 1.54) is 4.31 Å². The zero-order valence-electron chi connectivity index (χ0n) is 20.6. The molecule has 2 aromatic rings. The maximum absolute atomic E-state index is 14.0. The Kier molecular flexibility index (Phi) is 6.82. The van der Waals surface area contributed by atoms with E-state index in [9.17, 15) is 17.2 Å². The summed E-state index contributed by atoms with van der Waals surface area (Å²) in [5.41, 5.74) is 0.715. The van der Waals surface area contributed by atoms with Crippen molar-refractivity contribution in [1.29, 1.82) is 0 Å². The number of rotatable bonds is 8. The molecule has 3 fully saturated rings. The fourth-order valence-electron chi connectivity index (χ4n) is 5.40. The van der Waals surface area contributed by atoms with Crippen LogP contribution in [0.1, 0.15) is 18.5 Å². The lowest BCUT2D eigenvalue weighted by atomic mass is 10.1. The Bertz CT molecular complexity index is 1200. The second-order valence-electron chi connectivity index (χ2n) is 9.76. The molecule has 3 heterocycles. The average molecular weight is 523 g/mol. The Hall–Kier alpha value is -2.50. The highest BCUT2D eigenvalue weighted by atomic mass is 32.2. The Morgan fingerprint density at radius 2 is 1.86 bits per heavy atom. The van der Waals surface area contributed by atoms with Crippen molar-refractivity contribution in [3.8, 4) is 11.5 Å². The molecule has 2 aliphatic heterocycles. The molecule has 0 N–H and O–H groups in total. The number of fused-ring (bicyclic) bond motifs is 2. The molecule has 36 heavy (non-hydrogen) atoms.